The predicted octanol–water partition coefficient (Wildman–Crippen LogP) is 5.71. The van der Waals surface area contributed by atoms with Crippen LogP contribution in [0.4, 0.5) is 0 Å². The lowest BCUT2D eigenvalue weighted by Gasteiger charge is -2.11. The van der Waals surface area contributed by atoms with Crippen molar-refractivity contribution in [3.05, 3.63) is 120 Å². The Morgan fingerprint density at radius 2 is 1.00 bits per heavy atom. The van der Waals surface area contributed by atoms with Gasteiger partial charge in [0, 0.05) is 0 Å². The molecule has 1 unspecified atom stereocenters. The van der Waals surface area contributed by atoms with Gasteiger partial charge in [0.25, 0.3) is 0 Å². The molecule has 4 rings (SSSR count). The number of aryl methyl sites for hydroxylation is 3. The zero-order valence-electron chi connectivity index (χ0n) is 17.7. The number of rotatable bonds is 4. The second-order valence-electron chi connectivity index (χ2n) is 7.23. The fourth-order valence-electron chi connectivity index (χ4n) is 3.32. The van der Waals surface area contributed by atoms with E-state index in [1.54, 1.807) is 0 Å². The van der Waals surface area contributed by atoms with Gasteiger partial charge < -0.3 is 0 Å². The lowest BCUT2D eigenvalue weighted by molar-refractivity contribution is 0.598. The molecule has 0 saturated heterocycles. The van der Waals surface area contributed by atoms with Gasteiger partial charge in [0.05, 0.1) is 0 Å². The van der Waals surface area contributed by atoms with Crippen molar-refractivity contribution in [2.75, 3.05) is 0 Å². The van der Waals surface area contributed by atoms with Crippen molar-refractivity contribution in [1.29, 1.82) is 0 Å². The van der Waals surface area contributed by atoms with Crippen LogP contribution in [0.25, 0.3) is 0 Å². The average Bonchev–Trinajstić information content (AvgIpc) is 2.78. The Morgan fingerprint density at radius 1 is 0.600 bits per heavy atom. The molecule has 0 aliphatic heterocycles. The predicted molar refractivity (Wildman–Crippen MR) is 134 cm³/mol. The zero-order valence-corrected chi connectivity index (χ0v) is 19.6. The summed E-state index contributed by atoms with van der Waals surface area (Å²) >= 11 is 0. The van der Waals surface area contributed by atoms with Crippen LogP contribution >= 0.6 is 16.4 Å². The van der Waals surface area contributed by atoms with Crippen LogP contribution in [0.5, 0.6) is 0 Å². The van der Waals surface area contributed by atoms with Gasteiger partial charge in [-0.25, -0.2) is 0 Å². The van der Waals surface area contributed by atoms with Crippen LogP contribution in [0.2, 0.25) is 0 Å². The molecule has 0 fully saturated rings. The van der Waals surface area contributed by atoms with Crippen molar-refractivity contribution in [2.24, 2.45) is 0 Å². The van der Waals surface area contributed by atoms with Gasteiger partial charge in [-0.05, 0) is 66.8 Å². The lowest BCUT2D eigenvalue weighted by Crippen LogP contribution is -2.10. The minimum absolute atomic E-state index is 0.771. The smallest absolute Gasteiger partial charge is 0.0622 e. The summed E-state index contributed by atoms with van der Waals surface area (Å²) in [6.45, 7) is 6.59. The van der Waals surface area contributed by atoms with Crippen molar-refractivity contribution in [3.8, 4) is 0 Å². The van der Waals surface area contributed by atoms with E-state index in [1.165, 1.54) is 27.3 Å². The first kappa shape index (κ1) is 22.1. The molecule has 0 spiro atoms. The van der Waals surface area contributed by atoms with Crippen LogP contribution in [0, 0.1) is 20.8 Å². The van der Waals surface area contributed by atoms with Gasteiger partial charge in [-0.3, -0.25) is 0 Å². The van der Waals surface area contributed by atoms with E-state index >= 15 is 0 Å². The summed E-state index contributed by atoms with van der Waals surface area (Å²) in [5, 5.41) is 4.68. The summed E-state index contributed by atoms with van der Waals surface area (Å²) < 4.78 is 12.0. The molecule has 30 heavy (non-hydrogen) atoms. The highest BCUT2D eigenvalue weighted by Crippen LogP contribution is 2.19. The molecule has 0 aliphatic rings. The van der Waals surface area contributed by atoms with Gasteiger partial charge >= 0.3 is 7.80 Å². The second-order valence-corrected chi connectivity index (χ2v) is 10.2. The molecule has 0 N–H and O–H groups in total. The SMILES string of the molecule is Cc1cc(C)c(Pc2ccccc2)c(C)c1.O=[P+](c1ccccc1)c1ccccc1. The van der Waals surface area contributed by atoms with Crippen LogP contribution in [0.1, 0.15) is 16.7 Å². The summed E-state index contributed by atoms with van der Waals surface area (Å²) in [6, 6.07) is 34.3. The molecule has 0 radical (unpaired) electrons. The van der Waals surface area contributed by atoms with E-state index in [-0.39, 0.29) is 0 Å². The number of hydrogen-bond donors (Lipinski definition) is 0. The Kier molecular flexibility index (Phi) is 8.09. The molecule has 1 atom stereocenters. The van der Waals surface area contributed by atoms with E-state index < -0.39 is 7.80 Å². The minimum atomic E-state index is -1.42. The summed E-state index contributed by atoms with van der Waals surface area (Å²) in [6.07, 6.45) is 0. The first-order valence-corrected chi connectivity index (χ1v) is 12.3. The van der Waals surface area contributed by atoms with Crippen LogP contribution in [0.3, 0.4) is 0 Å². The second kappa shape index (κ2) is 11.0. The fraction of sp³-hybridized carbons (Fsp3) is 0.111. The summed E-state index contributed by atoms with van der Waals surface area (Å²) in [7, 11) is -0.650. The molecule has 4 aromatic rings. The summed E-state index contributed by atoms with van der Waals surface area (Å²) in [5.74, 6) is 0. The van der Waals surface area contributed by atoms with Crippen molar-refractivity contribution in [3.63, 3.8) is 0 Å². The topological polar surface area (TPSA) is 17.1 Å². The van der Waals surface area contributed by atoms with Crippen molar-refractivity contribution in [2.45, 2.75) is 20.8 Å². The van der Waals surface area contributed by atoms with Gasteiger partial charge in [0.15, 0.2) is 10.6 Å². The van der Waals surface area contributed by atoms with E-state index in [4.69, 9.17) is 0 Å². The van der Waals surface area contributed by atoms with Gasteiger partial charge in [-0.15, -0.1) is 0 Å². The van der Waals surface area contributed by atoms with Crippen LogP contribution in [-0.4, -0.2) is 0 Å². The molecule has 0 bridgehead atoms. The molecular formula is C27H27OP2+. The first-order valence-electron chi connectivity index (χ1n) is 10.0. The maximum Gasteiger partial charge on any atom is 0.415 e. The van der Waals surface area contributed by atoms with Crippen LogP contribution < -0.4 is 21.2 Å². The van der Waals surface area contributed by atoms with Gasteiger partial charge in [0.2, 0.25) is 0 Å². The maximum absolute atomic E-state index is 12.0. The Labute approximate surface area is 182 Å². The molecule has 4 aromatic carbocycles. The highest BCUT2D eigenvalue weighted by molar-refractivity contribution is 7.61. The molecule has 0 heterocycles. The lowest BCUT2D eigenvalue weighted by atomic mass is 10.1. The molecule has 0 aliphatic carbocycles. The normalized spacial score (nSPS) is 10.5. The molecule has 0 amide bonds. The third-order valence-corrected chi connectivity index (χ3v) is 7.90. The maximum atomic E-state index is 12.0. The summed E-state index contributed by atoms with van der Waals surface area (Å²) in [5.41, 5.74) is 4.19. The number of hydrogen-bond acceptors (Lipinski definition) is 1. The Hall–Kier alpha value is -2.59. The van der Waals surface area contributed by atoms with Crippen LogP contribution in [-0.2, 0) is 4.57 Å². The van der Waals surface area contributed by atoms with Gasteiger partial charge in [0.1, 0.15) is 0 Å². The van der Waals surface area contributed by atoms with Crippen LogP contribution in [0.15, 0.2) is 103 Å². The molecule has 3 heteroatoms. The van der Waals surface area contributed by atoms with Crippen molar-refractivity contribution < 1.29 is 4.57 Å². The van der Waals surface area contributed by atoms with Crippen molar-refractivity contribution >= 4 is 37.6 Å². The average molecular weight is 429 g/mol. The quantitative estimate of drug-likeness (QED) is 0.380. The Bertz CT molecular complexity index is 1030. The van der Waals surface area contributed by atoms with Gasteiger partial charge in [-0.2, -0.15) is 0 Å². The summed E-state index contributed by atoms with van der Waals surface area (Å²) in [4.78, 5) is 0. The van der Waals surface area contributed by atoms with E-state index in [1.807, 2.05) is 60.7 Å². The van der Waals surface area contributed by atoms with E-state index in [2.05, 4.69) is 63.2 Å². The number of benzene rings is 4. The standard InChI is InChI=1S/C15H17P.C12H10OP/c1-11-9-12(2)15(13(3)10-11)16-14-7-5-4-6-8-14;13-14(11-7-3-1-4-8-11)12-9-5-2-6-10-12/h4-10,16H,1-3H3;1-10H/q;+1. The van der Waals surface area contributed by atoms with Gasteiger partial charge in [-0.1, -0.05) is 97.6 Å². The highest BCUT2D eigenvalue weighted by Gasteiger charge is 2.21. The molecule has 0 aromatic heterocycles. The largest absolute Gasteiger partial charge is 0.415 e. The van der Waals surface area contributed by atoms with E-state index in [0.717, 1.165) is 19.2 Å². The highest BCUT2D eigenvalue weighted by atomic mass is 31.1. The Balaban J connectivity index is 0.000000172. The first-order chi connectivity index (χ1) is 14.5. The third-order valence-electron chi connectivity index (χ3n) is 4.70. The molecular weight excluding hydrogens is 402 g/mol. The zero-order chi connectivity index (χ0) is 21.3. The monoisotopic (exact) mass is 429 g/mol. The molecule has 1 nitrogen and oxygen atoms in total. The molecule has 150 valence electrons. The van der Waals surface area contributed by atoms with Crippen molar-refractivity contribution in [1.82, 2.24) is 0 Å². The fourth-order valence-corrected chi connectivity index (χ4v) is 5.69. The van der Waals surface area contributed by atoms with E-state index in [9.17, 15) is 4.57 Å². The molecule has 0 saturated carbocycles. The Morgan fingerprint density at radius 3 is 1.43 bits per heavy atom. The third kappa shape index (κ3) is 6.20. The minimum Gasteiger partial charge on any atom is -0.0622 e. The van der Waals surface area contributed by atoms with E-state index in [0.29, 0.717) is 0 Å².